The Morgan fingerprint density at radius 2 is 1.58 bits per heavy atom. The summed E-state index contributed by atoms with van der Waals surface area (Å²) in [7, 11) is 2.56. The van der Waals surface area contributed by atoms with E-state index in [1.54, 1.807) is 36.4 Å². The second-order valence-corrected chi connectivity index (χ2v) is 11.4. The van der Waals surface area contributed by atoms with Crippen molar-refractivity contribution < 1.29 is 18.8 Å². The fraction of sp³-hybridized carbons (Fsp3) is 0.300. The maximum Gasteiger partial charge on any atom is 0.292 e. The van der Waals surface area contributed by atoms with Crippen molar-refractivity contribution in [3.05, 3.63) is 106 Å². The molecule has 3 aromatic carbocycles. The first kappa shape index (κ1) is 36.8. The molecule has 1 unspecified atom stereocenters. The molecule has 0 spiro atoms. The van der Waals surface area contributed by atoms with E-state index in [4.69, 9.17) is 16.0 Å². The molecule has 13 heteroatoms. The molecule has 0 fully saturated rings. The Hall–Kier alpha value is -4.22. The number of nitrogens with zero attached hydrogens (tertiary/aromatic N) is 2. The number of anilines is 3. The van der Waals surface area contributed by atoms with Gasteiger partial charge < -0.3 is 31.5 Å². The van der Waals surface area contributed by atoms with Gasteiger partial charge in [-0.2, -0.15) is 0 Å². The van der Waals surface area contributed by atoms with Crippen LogP contribution in [0, 0.1) is 10.1 Å². The van der Waals surface area contributed by atoms with Crippen molar-refractivity contribution >= 4 is 36.2 Å². The van der Waals surface area contributed by atoms with E-state index in [1.807, 2.05) is 50.3 Å². The van der Waals surface area contributed by atoms with E-state index in [-0.39, 0.29) is 18.2 Å². The summed E-state index contributed by atoms with van der Waals surface area (Å²) in [6.07, 6.45) is 0.493. The molecule has 0 aliphatic heterocycles. The second kappa shape index (κ2) is 19.8. The number of nitro groups is 1. The van der Waals surface area contributed by atoms with Gasteiger partial charge in [-0.15, -0.1) is 0 Å². The number of nitro benzene ring substituents is 1. The number of carbonyl (C=O) groups is 1. The van der Waals surface area contributed by atoms with Crippen molar-refractivity contribution in [3.63, 3.8) is 0 Å². The van der Waals surface area contributed by atoms with Gasteiger partial charge in [-0.25, -0.2) is 5.09 Å². The maximum atomic E-state index is 12.7. The summed E-state index contributed by atoms with van der Waals surface area (Å²) in [5.74, 6) is 0.930. The summed E-state index contributed by atoms with van der Waals surface area (Å²) in [5, 5.41) is 19.5. The molecule has 0 radical (unpaired) electrons. The normalized spacial score (nSPS) is 11.4. The van der Waals surface area contributed by atoms with Crippen LogP contribution in [-0.2, 0) is 15.7 Å². The van der Waals surface area contributed by atoms with Crippen LogP contribution in [0.1, 0.15) is 29.3 Å². The average Bonchev–Trinajstić information content (AvgIpc) is 3.01. The van der Waals surface area contributed by atoms with E-state index >= 15 is 0 Å². The van der Waals surface area contributed by atoms with Crippen molar-refractivity contribution in [2.45, 2.75) is 20.0 Å². The Kier molecular flexibility index (Phi) is 17.0. The number of benzene rings is 3. The first-order valence-electron chi connectivity index (χ1n) is 13.6. The van der Waals surface area contributed by atoms with Gasteiger partial charge in [0.15, 0.2) is 0 Å². The van der Waals surface area contributed by atoms with Gasteiger partial charge in [0.2, 0.25) is 0 Å². The monoisotopic (exact) mass is 613 g/mol. The van der Waals surface area contributed by atoms with E-state index in [0.717, 1.165) is 18.0 Å². The minimum atomic E-state index is -3.38. The highest BCUT2D eigenvalue weighted by Gasteiger charge is 2.21. The standard InChI is InChI=1S/C19H23N4O5P.C8H12N2.C3H9N/c1-2-29(27,28-14-16-6-3-4-7-18(16)23(25)26)22-13-5-12-21-19(24)15-8-10-17(20)11-9-15;1-10(2)8-5-3-7(9)4-6-8;1-3-4-2/h2-4,6-11H,1,5,12-14,20H2,(H,21,24)(H,22,27);3-6H,9H2,1-2H3;4H,3H2,1-2H3. The number of carbonyl (C=O) groups excluding carboxylic acids is 1. The molecule has 0 bridgehead atoms. The summed E-state index contributed by atoms with van der Waals surface area (Å²) in [6, 6.07) is 20.4. The predicted octanol–water partition coefficient (Wildman–Crippen LogP) is 5.00. The van der Waals surface area contributed by atoms with E-state index in [1.165, 1.54) is 17.8 Å². The number of hydrogen-bond acceptors (Lipinski definition) is 9. The van der Waals surface area contributed by atoms with Crippen LogP contribution in [0.2, 0.25) is 0 Å². The van der Waals surface area contributed by atoms with Gasteiger partial charge in [-0.3, -0.25) is 19.5 Å². The third kappa shape index (κ3) is 14.5. The van der Waals surface area contributed by atoms with Gasteiger partial charge in [0.1, 0.15) is 0 Å². The molecule has 234 valence electrons. The molecule has 0 aliphatic rings. The molecular weight excluding hydrogens is 569 g/mol. The second-order valence-electron chi connectivity index (χ2n) is 9.27. The van der Waals surface area contributed by atoms with Crippen LogP contribution in [0.15, 0.2) is 85.2 Å². The van der Waals surface area contributed by atoms with Crippen molar-refractivity contribution in [1.82, 2.24) is 15.7 Å². The molecule has 1 atom stereocenters. The SMILES string of the molecule is C=CP(=O)(NCCCNC(=O)c1ccc(N)cc1)OCc1ccccc1[N+](=O)[O-].CCNC.CN(C)c1ccc(N)cc1. The minimum Gasteiger partial charge on any atom is -0.399 e. The van der Waals surface area contributed by atoms with Crippen LogP contribution in [0.5, 0.6) is 0 Å². The highest BCUT2D eigenvalue weighted by molar-refractivity contribution is 7.60. The fourth-order valence-corrected chi connectivity index (χ4v) is 4.30. The van der Waals surface area contributed by atoms with Crippen LogP contribution in [-0.4, -0.2) is 51.6 Å². The molecule has 12 nitrogen and oxygen atoms in total. The van der Waals surface area contributed by atoms with Gasteiger partial charge in [-0.1, -0.05) is 25.6 Å². The van der Waals surface area contributed by atoms with E-state index in [9.17, 15) is 19.5 Å². The zero-order chi connectivity index (χ0) is 32.3. The largest absolute Gasteiger partial charge is 0.399 e. The van der Waals surface area contributed by atoms with E-state index < -0.39 is 12.4 Å². The van der Waals surface area contributed by atoms with Gasteiger partial charge in [0.05, 0.1) is 17.1 Å². The summed E-state index contributed by atoms with van der Waals surface area (Å²) >= 11 is 0. The van der Waals surface area contributed by atoms with Crippen LogP contribution >= 0.6 is 7.52 Å². The van der Waals surface area contributed by atoms with Crippen molar-refractivity contribution in [2.75, 3.05) is 57.1 Å². The maximum absolute atomic E-state index is 12.7. The molecular formula is C30H44N7O5P. The highest BCUT2D eigenvalue weighted by atomic mass is 31.2. The molecule has 0 aromatic heterocycles. The summed E-state index contributed by atoms with van der Waals surface area (Å²) in [4.78, 5) is 24.6. The Labute approximate surface area is 254 Å². The van der Waals surface area contributed by atoms with Crippen molar-refractivity contribution in [3.8, 4) is 0 Å². The molecule has 7 N–H and O–H groups in total. The van der Waals surface area contributed by atoms with E-state index in [2.05, 4.69) is 29.2 Å². The zero-order valence-electron chi connectivity index (χ0n) is 25.3. The molecule has 0 saturated heterocycles. The first-order chi connectivity index (χ1) is 20.5. The number of hydrogen-bond donors (Lipinski definition) is 5. The average molecular weight is 614 g/mol. The summed E-state index contributed by atoms with van der Waals surface area (Å²) < 4.78 is 18.1. The molecule has 3 aromatic rings. The van der Waals surface area contributed by atoms with Gasteiger partial charge in [0.25, 0.3) is 19.1 Å². The number of amides is 1. The molecule has 0 heterocycles. The van der Waals surface area contributed by atoms with Gasteiger partial charge >= 0.3 is 0 Å². The Balaban J connectivity index is 0.000000542. The van der Waals surface area contributed by atoms with Crippen molar-refractivity contribution in [2.24, 2.45) is 0 Å². The highest BCUT2D eigenvalue weighted by Crippen LogP contribution is 2.44. The number of nitrogens with two attached hydrogens (primary N) is 2. The predicted molar refractivity (Wildman–Crippen MR) is 176 cm³/mol. The minimum absolute atomic E-state index is 0.103. The van der Waals surface area contributed by atoms with Crippen LogP contribution < -0.4 is 32.1 Å². The lowest BCUT2D eigenvalue weighted by Gasteiger charge is -2.16. The van der Waals surface area contributed by atoms with Crippen LogP contribution in [0.3, 0.4) is 0 Å². The molecule has 0 aliphatic carbocycles. The molecule has 43 heavy (non-hydrogen) atoms. The lowest BCUT2D eigenvalue weighted by atomic mass is 10.2. The number of rotatable bonds is 13. The lowest BCUT2D eigenvalue weighted by molar-refractivity contribution is -0.385. The smallest absolute Gasteiger partial charge is 0.292 e. The number of para-hydroxylation sites is 1. The Morgan fingerprint density at radius 3 is 2.09 bits per heavy atom. The third-order valence-electron chi connectivity index (χ3n) is 5.75. The van der Waals surface area contributed by atoms with Crippen molar-refractivity contribution in [1.29, 1.82) is 0 Å². The molecule has 1 amide bonds. The number of nitrogen functional groups attached to an aromatic ring is 2. The fourth-order valence-electron chi connectivity index (χ4n) is 3.17. The topological polar surface area (TPSA) is 178 Å². The quantitative estimate of drug-likeness (QED) is 0.0579. The van der Waals surface area contributed by atoms with Gasteiger partial charge in [-0.05, 0) is 74.6 Å². The van der Waals surface area contributed by atoms with Gasteiger partial charge in [0, 0.05) is 61.7 Å². The summed E-state index contributed by atoms with van der Waals surface area (Å²) in [6.45, 7) is 7.11. The first-order valence-corrected chi connectivity index (χ1v) is 15.3. The van der Waals surface area contributed by atoms with Crippen LogP contribution in [0.4, 0.5) is 22.7 Å². The Morgan fingerprint density at radius 1 is 1.02 bits per heavy atom. The lowest BCUT2D eigenvalue weighted by Crippen LogP contribution is -2.26. The Bertz CT molecular complexity index is 1320. The number of nitrogens with one attached hydrogen (secondary N) is 3. The third-order valence-corrected chi connectivity index (χ3v) is 7.41. The van der Waals surface area contributed by atoms with E-state index in [0.29, 0.717) is 36.3 Å². The van der Waals surface area contributed by atoms with Crippen LogP contribution in [0.25, 0.3) is 0 Å². The zero-order valence-corrected chi connectivity index (χ0v) is 26.2. The molecule has 3 rings (SSSR count). The molecule has 0 saturated carbocycles. The summed E-state index contributed by atoms with van der Waals surface area (Å²) in [5.41, 5.74) is 14.4.